The zero-order valence-corrected chi connectivity index (χ0v) is 13.4. The molecule has 0 aliphatic heterocycles. The van der Waals surface area contributed by atoms with Gasteiger partial charge in [-0.1, -0.05) is 18.2 Å². The fourth-order valence-electron chi connectivity index (χ4n) is 1.58. The molecule has 1 amide bonds. The van der Waals surface area contributed by atoms with Gasteiger partial charge in [0.25, 0.3) is 5.91 Å². The van der Waals surface area contributed by atoms with Crippen LogP contribution in [0.4, 0.5) is 0 Å². The van der Waals surface area contributed by atoms with Gasteiger partial charge in [0.1, 0.15) is 5.75 Å². The zero-order valence-electron chi connectivity index (χ0n) is 13.4. The number of carbonyl (C=O) groups is 2. The lowest BCUT2D eigenvalue weighted by molar-refractivity contribution is -0.145. The second-order valence-corrected chi connectivity index (χ2v) is 4.82. The van der Waals surface area contributed by atoms with Crippen molar-refractivity contribution in [2.24, 2.45) is 11.0 Å². The van der Waals surface area contributed by atoms with Crippen LogP contribution in [0.15, 0.2) is 29.4 Å². The van der Waals surface area contributed by atoms with Crippen LogP contribution < -0.4 is 10.2 Å². The average Bonchev–Trinajstić information content (AvgIpc) is 2.51. The van der Waals surface area contributed by atoms with E-state index < -0.39 is 11.8 Å². The topological polar surface area (TPSA) is 77.0 Å². The lowest BCUT2D eigenvalue weighted by atomic mass is 10.1. The Hall–Kier alpha value is -2.37. The molecule has 0 aliphatic carbocycles. The number of carbonyl (C=O) groups excluding carboxylic acids is 2. The van der Waals surface area contributed by atoms with Gasteiger partial charge in [-0.15, -0.1) is 0 Å². The molecule has 0 spiro atoms. The molecule has 6 heteroatoms. The van der Waals surface area contributed by atoms with Crippen molar-refractivity contribution in [3.05, 3.63) is 29.8 Å². The van der Waals surface area contributed by atoms with E-state index >= 15 is 0 Å². The van der Waals surface area contributed by atoms with Crippen LogP contribution in [0, 0.1) is 12.8 Å². The number of esters is 1. The molecule has 0 aliphatic rings. The molecule has 0 heterocycles. The lowest BCUT2D eigenvalue weighted by Crippen LogP contribution is -2.28. The van der Waals surface area contributed by atoms with Crippen LogP contribution in [-0.2, 0) is 14.3 Å². The highest BCUT2D eigenvalue weighted by Crippen LogP contribution is 2.15. The first kappa shape index (κ1) is 17.7. The molecule has 1 rings (SSSR count). The quantitative estimate of drug-likeness (QED) is 0.475. The van der Waals surface area contributed by atoms with Gasteiger partial charge in [-0.2, -0.15) is 5.10 Å². The molecule has 0 saturated carbocycles. The van der Waals surface area contributed by atoms with Crippen LogP contribution in [0.3, 0.4) is 0 Å². The highest BCUT2D eigenvalue weighted by atomic mass is 16.5. The Labute approximate surface area is 130 Å². The molecule has 0 radical (unpaired) electrons. The van der Waals surface area contributed by atoms with E-state index in [2.05, 4.69) is 10.5 Å². The minimum absolute atomic E-state index is 0.143. The van der Waals surface area contributed by atoms with Crippen LogP contribution in [0.1, 0.15) is 26.3 Å². The van der Waals surface area contributed by atoms with E-state index in [0.717, 1.165) is 5.56 Å². The molecule has 22 heavy (non-hydrogen) atoms. The Balaban J connectivity index is 2.46. The van der Waals surface area contributed by atoms with E-state index in [4.69, 9.17) is 9.47 Å². The largest absolute Gasteiger partial charge is 0.483 e. The number of hydrazone groups is 1. The second-order valence-electron chi connectivity index (χ2n) is 4.82. The molecule has 0 saturated heterocycles. The summed E-state index contributed by atoms with van der Waals surface area (Å²) in [6.07, 6.45) is 0. The number of para-hydroxylation sites is 1. The highest BCUT2D eigenvalue weighted by molar-refractivity contribution is 6.00. The predicted octanol–water partition coefficient (Wildman–Crippen LogP) is 2.07. The summed E-state index contributed by atoms with van der Waals surface area (Å²) in [5.74, 6) is -0.608. The first-order valence-electron chi connectivity index (χ1n) is 7.13. The van der Waals surface area contributed by atoms with E-state index in [9.17, 15) is 9.59 Å². The van der Waals surface area contributed by atoms with Gasteiger partial charge in [-0.05, 0) is 39.3 Å². The molecule has 120 valence electrons. The van der Waals surface area contributed by atoms with Crippen LogP contribution in [0.5, 0.6) is 5.75 Å². The van der Waals surface area contributed by atoms with E-state index in [1.165, 1.54) is 0 Å². The predicted molar refractivity (Wildman–Crippen MR) is 83.7 cm³/mol. The van der Waals surface area contributed by atoms with Crippen LogP contribution in [0.25, 0.3) is 0 Å². The van der Waals surface area contributed by atoms with Crippen molar-refractivity contribution >= 4 is 17.6 Å². The van der Waals surface area contributed by atoms with Crippen molar-refractivity contribution in [3.63, 3.8) is 0 Å². The first-order valence-corrected chi connectivity index (χ1v) is 7.13. The third kappa shape index (κ3) is 5.55. The van der Waals surface area contributed by atoms with Crippen molar-refractivity contribution in [1.82, 2.24) is 5.43 Å². The van der Waals surface area contributed by atoms with E-state index in [1.54, 1.807) is 26.8 Å². The van der Waals surface area contributed by atoms with Crippen molar-refractivity contribution in [2.75, 3.05) is 13.2 Å². The van der Waals surface area contributed by atoms with Crippen molar-refractivity contribution in [1.29, 1.82) is 0 Å². The van der Waals surface area contributed by atoms with Gasteiger partial charge < -0.3 is 9.47 Å². The summed E-state index contributed by atoms with van der Waals surface area (Å²) in [6.45, 7) is 7.14. The number of amides is 1. The van der Waals surface area contributed by atoms with Gasteiger partial charge in [0.2, 0.25) is 0 Å². The third-order valence-electron chi connectivity index (χ3n) is 3.08. The standard InChI is InChI=1S/C16H22N2O4/c1-5-21-16(20)12(3)13(4)17-18-15(19)10-22-14-9-7-6-8-11(14)2/h6-9,12H,5,10H2,1-4H3,(H,18,19)/b17-13+/t12-/m1/s1. The zero-order chi connectivity index (χ0) is 16.5. The number of benzene rings is 1. The number of aryl methyl sites for hydroxylation is 1. The van der Waals surface area contributed by atoms with Crippen molar-refractivity contribution < 1.29 is 19.1 Å². The number of nitrogens with one attached hydrogen (secondary N) is 1. The van der Waals surface area contributed by atoms with Gasteiger partial charge in [0, 0.05) is 5.71 Å². The molecule has 6 nitrogen and oxygen atoms in total. The molecule has 0 fully saturated rings. The minimum atomic E-state index is -0.502. The SMILES string of the molecule is CCOC(=O)[C@H](C)/C(C)=N/NC(=O)COc1ccccc1C. The number of hydrogen-bond acceptors (Lipinski definition) is 5. The van der Waals surface area contributed by atoms with Crippen LogP contribution >= 0.6 is 0 Å². The molecule has 1 N–H and O–H groups in total. The van der Waals surface area contributed by atoms with Gasteiger partial charge in [-0.25, -0.2) is 5.43 Å². The summed E-state index contributed by atoms with van der Waals surface area (Å²) in [4.78, 5) is 23.2. The monoisotopic (exact) mass is 306 g/mol. The number of ether oxygens (including phenoxy) is 2. The Morgan fingerprint density at radius 3 is 2.64 bits per heavy atom. The van der Waals surface area contributed by atoms with Gasteiger partial charge in [-0.3, -0.25) is 9.59 Å². The number of hydrogen-bond donors (Lipinski definition) is 1. The second kappa shape index (κ2) is 8.81. The molecule has 0 aromatic heterocycles. The molecule has 1 atom stereocenters. The molecular formula is C16H22N2O4. The molecular weight excluding hydrogens is 284 g/mol. The number of nitrogens with zero attached hydrogens (tertiary/aromatic N) is 1. The lowest BCUT2D eigenvalue weighted by Gasteiger charge is -2.11. The van der Waals surface area contributed by atoms with Gasteiger partial charge >= 0.3 is 5.97 Å². The Kier molecular flexibility index (Phi) is 7.08. The van der Waals surface area contributed by atoms with Gasteiger partial charge in [0.05, 0.1) is 12.5 Å². The summed E-state index contributed by atoms with van der Waals surface area (Å²) in [7, 11) is 0. The van der Waals surface area contributed by atoms with Crippen LogP contribution in [-0.4, -0.2) is 30.8 Å². The summed E-state index contributed by atoms with van der Waals surface area (Å²) in [5, 5.41) is 3.90. The highest BCUT2D eigenvalue weighted by Gasteiger charge is 2.17. The summed E-state index contributed by atoms with van der Waals surface area (Å²) >= 11 is 0. The maximum Gasteiger partial charge on any atom is 0.314 e. The van der Waals surface area contributed by atoms with E-state index in [-0.39, 0.29) is 12.6 Å². The van der Waals surface area contributed by atoms with Crippen LogP contribution in [0.2, 0.25) is 0 Å². The van der Waals surface area contributed by atoms with E-state index in [1.807, 2.05) is 25.1 Å². The summed E-state index contributed by atoms with van der Waals surface area (Å²) in [6, 6.07) is 7.42. The summed E-state index contributed by atoms with van der Waals surface area (Å²) in [5.41, 5.74) is 3.79. The summed E-state index contributed by atoms with van der Waals surface area (Å²) < 4.78 is 10.3. The average molecular weight is 306 g/mol. The molecule has 1 aromatic rings. The minimum Gasteiger partial charge on any atom is -0.483 e. The van der Waals surface area contributed by atoms with Crippen molar-refractivity contribution in [3.8, 4) is 5.75 Å². The number of rotatable bonds is 7. The first-order chi connectivity index (χ1) is 10.5. The maximum atomic E-state index is 11.7. The molecule has 1 aromatic carbocycles. The maximum absolute atomic E-state index is 11.7. The van der Waals surface area contributed by atoms with Crippen molar-refractivity contribution in [2.45, 2.75) is 27.7 Å². The van der Waals surface area contributed by atoms with Gasteiger partial charge in [0.15, 0.2) is 6.61 Å². The smallest absolute Gasteiger partial charge is 0.314 e. The van der Waals surface area contributed by atoms with E-state index in [0.29, 0.717) is 18.1 Å². The third-order valence-corrected chi connectivity index (χ3v) is 3.08. The Bertz CT molecular complexity index is 555. The Morgan fingerprint density at radius 2 is 2.00 bits per heavy atom. The fraction of sp³-hybridized carbons (Fsp3) is 0.438. The Morgan fingerprint density at radius 1 is 1.32 bits per heavy atom. The molecule has 0 unspecified atom stereocenters. The fourth-order valence-corrected chi connectivity index (χ4v) is 1.58. The normalized spacial score (nSPS) is 12.5. The molecule has 0 bridgehead atoms.